The summed E-state index contributed by atoms with van der Waals surface area (Å²) in [6.07, 6.45) is 2.18. The smallest absolute Gasteiger partial charge is 0.237 e. The van der Waals surface area contributed by atoms with Crippen molar-refractivity contribution in [3.8, 4) is 0 Å². The van der Waals surface area contributed by atoms with Gasteiger partial charge in [-0.05, 0) is 50.6 Å². The number of rotatable bonds is 4. The van der Waals surface area contributed by atoms with Crippen LogP contribution in [0, 0.1) is 5.82 Å². The Labute approximate surface area is 167 Å². The summed E-state index contributed by atoms with van der Waals surface area (Å²) < 4.78 is 13.0. The van der Waals surface area contributed by atoms with Gasteiger partial charge in [-0.15, -0.1) is 24.8 Å². The SMILES string of the molecule is CC(C(=O)NC1CCCNC1)N1CCN(c2ccc(F)cc2)CC1.Cl.Cl. The van der Waals surface area contributed by atoms with E-state index in [1.165, 1.54) is 12.1 Å². The molecule has 2 saturated heterocycles. The molecular weight excluding hydrogens is 378 g/mol. The molecule has 0 aliphatic carbocycles. The number of hydrogen-bond acceptors (Lipinski definition) is 4. The highest BCUT2D eigenvalue weighted by Gasteiger charge is 2.27. The van der Waals surface area contributed by atoms with Crippen LogP contribution in [-0.2, 0) is 4.79 Å². The quantitative estimate of drug-likeness (QED) is 0.802. The third kappa shape index (κ3) is 5.98. The van der Waals surface area contributed by atoms with Crippen LogP contribution in [0.25, 0.3) is 0 Å². The predicted octanol–water partition coefficient (Wildman–Crippen LogP) is 2.05. The number of piperidine rings is 1. The van der Waals surface area contributed by atoms with Crippen molar-refractivity contribution in [2.24, 2.45) is 0 Å². The molecule has 0 aromatic heterocycles. The van der Waals surface area contributed by atoms with Crippen LogP contribution in [0.2, 0.25) is 0 Å². The van der Waals surface area contributed by atoms with Gasteiger partial charge in [-0.1, -0.05) is 0 Å². The van der Waals surface area contributed by atoms with E-state index < -0.39 is 0 Å². The van der Waals surface area contributed by atoms with Gasteiger partial charge in [0.25, 0.3) is 0 Å². The summed E-state index contributed by atoms with van der Waals surface area (Å²) in [6.45, 7) is 7.30. The van der Waals surface area contributed by atoms with E-state index in [9.17, 15) is 9.18 Å². The molecule has 2 aliphatic heterocycles. The molecule has 1 aromatic carbocycles. The van der Waals surface area contributed by atoms with Gasteiger partial charge in [0.2, 0.25) is 5.91 Å². The predicted molar refractivity (Wildman–Crippen MR) is 108 cm³/mol. The normalized spacial score (nSPS) is 21.9. The number of anilines is 1. The summed E-state index contributed by atoms with van der Waals surface area (Å²) in [5.74, 6) is -0.0844. The number of carbonyl (C=O) groups excluding carboxylic acids is 1. The zero-order valence-corrected chi connectivity index (χ0v) is 16.8. The van der Waals surface area contributed by atoms with Crippen LogP contribution in [0.4, 0.5) is 10.1 Å². The summed E-state index contributed by atoms with van der Waals surface area (Å²) >= 11 is 0. The van der Waals surface area contributed by atoms with Crippen molar-refractivity contribution < 1.29 is 9.18 Å². The van der Waals surface area contributed by atoms with E-state index in [1.807, 2.05) is 19.1 Å². The Balaban J connectivity index is 0.00000169. The fraction of sp³-hybridized carbons (Fsp3) is 0.611. The van der Waals surface area contributed by atoms with Gasteiger partial charge in [0.15, 0.2) is 0 Å². The Bertz CT molecular complexity index is 547. The lowest BCUT2D eigenvalue weighted by atomic mass is 10.1. The molecule has 3 rings (SSSR count). The van der Waals surface area contributed by atoms with Crippen molar-refractivity contribution in [3.05, 3.63) is 30.1 Å². The summed E-state index contributed by atoms with van der Waals surface area (Å²) in [5.41, 5.74) is 1.04. The first-order valence-electron chi connectivity index (χ1n) is 8.89. The van der Waals surface area contributed by atoms with Gasteiger partial charge in [0.1, 0.15) is 5.82 Å². The molecule has 1 amide bonds. The molecule has 0 saturated carbocycles. The highest BCUT2D eigenvalue weighted by Crippen LogP contribution is 2.18. The van der Waals surface area contributed by atoms with E-state index in [0.29, 0.717) is 0 Å². The topological polar surface area (TPSA) is 47.6 Å². The molecule has 0 spiro atoms. The lowest BCUT2D eigenvalue weighted by molar-refractivity contribution is -0.126. The van der Waals surface area contributed by atoms with Crippen molar-refractivity contribution in [1.82, 2.24) is 15.5 Å². The maximum atomic E-state index is 13.0. The molecule has 26 heavy (non-hydrogen) atoms. The molecular formula is C18H29Cl2FN4O. The maximum absolute atomic E-state index is 13.0. The zero-order valence-electron chi connectivity index (χ0n) is 15.1. The average Bonchev–Trinajstić information content (AvgIpc) is 2.63. The van der Waals surface area contributed by atoms with Crippen molar-refractivity contribution >= 4 is 36.4 Å². The molecule has 5 nitrogen and oxygen atoms in total. The zero-order chi connectivity index (χ0) is 16.9. The van der Waals surface area contributed by atoms with Crippen LogP contribution in [0.5, 0.6) is 0 Å². The molecule has 0 bridgehead atoms. The molecule has 2 fully saturated rings. The summed E-state index contributed by atoms with van der Waals surface area (Å²) in [4.78, 5) is 16.9. The number of nitrogens with one attached hydrogen (secondary N) is 2. The van der Waals surface area contributed by atoms with Crippen LogP contribution < -0.4 is 15.5 Å². The van der Waals surface area contributed by atoms with Gasteiger partial charge in [0, 0.05) is 44.5 Å². The van der Waals surface area contributed by atoms with E-state index >= 15 is 0 Å². The number of halogens is 3. The first-order chi connectivity index (χ1) is 11.6. The lowest BCUT2D eigenvalue weighted by Gasteiger charge is -2.39. The standard InChI is InChI=1S/C18H27FN4O.2ClH/c1-14(18(24)21-16-3-2-8-20-13-16)22-9-11-23(12-10-22)17-6-4-15(19)5-7-17;;/h4-7,14,16,20H,2-3,8-13H2,1H3,(H,21,24);2*1H. The first kappa shape index (κ1) is 23.0. The first-order valence-corrected chi connectivity index (χ1v) is 8.89. The van der Waals surface area contributed by atoms with E-state index in [0.717, 1.165) is 57.8 Å². The molecule has 8 heteroatoms. The second-order valence-electron chi connectivity index (χ2n) is 6.73. The molecule has 148 valence electrons. The minimum absolute atomic E-state index is 0. The largest absolute Gasteiger partial charge is 0.369 e. The molecule has 2 N–H and O–H groups in total. The second-order valence-corrected chi connectivity index (χ2v) is 6.73. The van der Waals surface area contributed by atoms with Gasteiger partial charge in [0.05, 0.1) is 6.04 Å². The van der Waals surface area contributed by atoms with Gasteiger partial charge < -0.3 is 15.5 Å². The molecule has 2 unspecified atom stereocenters. The van der Waals surface area contributed by atoms with Crippen LogP contribution in [0.1, 0.15) is 19.8 Å². The summed E-state index contributed by atoms with van der Waals surface area (Å²) in [6, 6.07) is 6.77. The molecule has 2 aliphatic rings. The molecule has 2 heterocycles. The molecule has 1 aromatic rings. The minimum atomic E-state index is -0.208. The van der Waals surface area contributed by atoms with Crippen molar-refractivity contribution in [3.63, 3.8) is 0 Å². The van der Waals surface area contributed by atoms with Gasteiger partial charge >= 0.3 is 0 Å². The Morgan fingerprint density at radius 1 is 1.19 bits per heavy atom. The average molecular weight is 407 g/mol. The summed E-state index contributed by atoms with van der Waals surface area (Å²) in [7, 11) is 0. The van der Waals surface area contributed by atoms with E-state index in [4.69, 9.17) is 0 Å². The highest BCUT2D eigenvalue weighted by molar-refractivity contribution is 5.85. The van der Waals surface area contributed by atoms with Gasteiger partial charge in [-0.2, -0.15) is 0 Å². The number of nitrogens with zero attached hydrogens (tertiary/aromatic N) is 2. The fourth-order valence-electron chi connectivity index (χ4n) is 3.48. The van der Waals surface area contributed by atoms with Crippen LogP contribution >= 0.6 is 24.8 Å². The van der Waals surface area contributed by atoms with E-state index in [2.05, 4.69) is 20.4 Å². The third-order valence-corrected chi connectivity index (χ3v) is 5.08. The molecule has 0 radical (unpaired) electrons. The Kier molecular flexibility index (Phi) is 9.64. The molecule has 2 atom stereocenters. The van der Waals surface area contributed by atoms with E-state index in [1.54, 1.807) is 0 Å². The van der Waals surface area contributed by atoms with Crippen molar-refractivity contribution in [1.29, 1.82) is 0 Å². The van der Waals surface area contributed by atoms with Crippen LogP contribution in [0.3, 0.4) is 0 Å². The number of hydrogen-bond donors (Lipinski definition) is 2. The van der Waals surface area contributed by atoms with Gasteiger partial charge in [-0.25, -0.2) is 4.39 Å². The van der Waals surface area contributed by atoms with Crippen LogP contribution in [0.15, 0.2) is 24.3 Å². The lowest BCUT2D eigenvalue weighted by Crippen LogP contribution is -2.56. The number of piperazine rings is 1. The monoisotopic (exact) mass is 406 g/mol. The maximum Gasteiger partial charge on any atom is 0.237 e. The van der Waals surface area contributed by atoms with E-state index in [-0.39, 0.29) is 48.6 Å². The number of benzene rings is 1. The number of carbonyl (C=O) groups is 1. The Morgan fingerprint density at radius 2 is 1.85 bits per heavy atom. The number of amides is 1. The second kappa shape index (κ2) is 10.9. The van der Waals surface area contributed by atoms with Crippen LogP contribution in [-0.4, -0.2) is 62.2 Å². The van der Waals surface area contributed by atoms with Crippen molar-refractivity contribution in [2.45, 2.75) is 31.8 Å². The van der Waals surface area contributed by atoms with Crippen molar-refractivity contribution in [2.75, 3.05) is 44.2 Å². The third-order valence-electron chi connectivity index (χ3n) is 5.08. The minimum Gasteiger partial charge on any atom is -0.369 e. The Hall–Kier alpha value is -1.08. The Morgan fingerprint density at radius 3 is 2.42 bits per heavy atom. The summed E-state index contributed by atoms with van der Waals surface area (Å²) in [5, 5.41) is 6.49. The highest BCUT2D eigenvalue weighted by atomic mass is 35.5. The fourth-order valence-corrected chi connectivity index (χ4v) is 3.48. The van der Waals surface area contributed by atoms with Gasteiger partial charge in [-0.3, -0.25) is 9.69 Å².